The van der Waals surface area contributed by atoms with E-state index in [-0.39, 0.29) is 17.2 Å². The van der Waals surface area contributed by atoms with Crippen molar-refractivity contribution in [2.24, 2.45) is 0 Å². The number of amides is 1. The van der Waals surface area contributed by atoms with Gasteiger partial charge in [-0.25, -0.2) is 0 Å². The van der Waals surface area contributed by atoms with Gasteiger partial charge in [-0.2, -0.15) is 17.9 Å². The van der Waals surface area contributed by atoms with Gasteiger partial charge in [0.15, 0.2) is 0 Å². The molecular formula is C9H15N3OS. The van der Waals surface area contributed by atoms with Crippen molar-refractivity contribution in [3.8, 4) is 6.07 Å². The first-order chi connectivity index (χ1) is 6.63. The van der Waals surface area contributed by atoms with E-state index in [1.54, 1.807) is 6.92 Å². The molecule has 1 aliphatic heterocycles. The number of carbonyl (C=O) groups is 1. The summed E-state index contributed by atoms with van der Waals surface area (Å²) in [5, 5.41) is 11.1. The highest BCUT2D eigenvalue weighted by Gasteiger charge is 2.24. The Kier molecular flexibility index (Phi) is 4.23. The van der Waals surface area contributed by atoms with Crippen LogP contribution in [0.25, 0.3) is 0 Å². The molecule has 0 aromatic rings. The van der Waals surface area contributed by atoms with E-state index in [0.717, 1.165) is 19.5 Å². The number of hydrogen-bond donors (Lipinski definition) is 2. The van der Waals surface area contributed by atoms with Gasteiger partial charge in [0.1, 0.15) is 0 Å². The Bertz CT molecular complexity index is 249. The Morgan fingerprint density at radius 1 is 1.86 bits per heavy atom. The molecule has 0 bridgehead atoms. The predicted molar refractivity (Wildman–Crippen MR) is 57.0 cm³/mol. The second kappa shape index (κ2) is 5.23. The number of likely N-dealkylation sites (tertiary alicyclic amines) is 1. The Morgan fingerprint density at radius 2 is 2.57 bits per heavy atom. The molecule has 0 aromatic carbocycles. The summed E-state index contributed by atoms with van der Waals surface area (Å²) >= 11 is 4.05. The molecular weight excluding hydrogens is 198 g/mol. The molecule has 4 nitrogen and oxygen atoms in total. The number of nitriles is 1. The number of hydrogen-bond acceptors (Lipinski definition) is 4. The van der Waals surface area contributed by atoms with Crippen LogP contribution in [0, 0.1) is 11.3 Å². The molecule has 1 fully saturated rings. The van der Waals surface area contributed by atoms with Gasteiger partial charge in [0, 0.05) is 19.1 Å². The normalized spacial score (nSPS) is 24.2. The highest BCUT2D eigenvalue weighted by molar-refractivity contribution is 7.81. The van der Waals surface area contributed by atoms with Crippen LogP contribution in [0.2, 0.25) is 0 Å². The topological polar surface area (TPSA) is 56.1 Å². The zero-order valence-corrected chi connectivity index (χ0v) is 9.13. The van der Waals surface area contributed by atoms with E-state index in [2.05, 4.69) is 24.0 Å². The van der Waals surface area contributed by atoms with Crippen molar-refractivity contribution in [2.45, 2.75) is 24.6 Å². The molecule has 78 valence electrons. The van der Waals surface area contributed by atoms with Crippen molar-refractivity contribution in [1.29, 1.82) is 5.26 Å². The number of carbonyl (C=O) groups excluding carboxylic acids is 1. The van der Waals surface area contributed by atoms with Gasteiger partial charge in [0.05, 0.1) is 17.9 Å². The van der Waals surface area contributed by atoms with E-state index < -0.39 is 0 Å². The van der Waals surface area contributed by atoms with Crippen LogP contribution in [0.3, 0.4) is 0 Å². The minimum absolute atomic E-state index is 0.0304. The fraction of sp³-hybridized carbons (Fsp3) is 0.778. The van der Waals surface area contributed by atoms with E-state index in [1.807, 2.05) is 4.90 Å². The van der Waals surface area contributed by atoms with Crippen molar-refractivity contribution >= 4 is 18.5 Å². The highest BCUT2D eigenvalue weighted by Crippen LogP contribution is 2.08. The third kappa shape index (κ3) is 3.20. The lowest BCUT2D eigenvalue weighted by Crippen LogP contribution is -2.40. The van der Waals surface area contributed by atoms with Crippen LogP contribution >= 0.6 is 12.6 Å². The Morgan fingerprint density at radius 3 is 3.14 bits per heavy atom. The van der Waals surface area contributed by atoms with Crippen LogP contribution in [-0.4, -0.2) is 41.7 Å². The zero-order chi connectivity index (χ0) is 10.6. The standard InChI is InChI=1S/C9H15N3OS/c1-7(14)9(13)11-8-2-4-12(6-8)5-3-10/h7-8,14H,2,4-6H2,1H3,(H,11,13)/t7?,8-/m1/s1. The van der Waals surface area contributed by atoms with Crippen LogP contribution in [0.15, 0.2) is 0 Å². The Labute approximate surface area is 89.7 Å². The minimum atomic E-state index is -0.264. The number of thiol groups is 1. The van der Waals surface area contributed by atoms with Crippen LogP contribution in [-0.2, 0) is 4.79 Å². The molecule has 0 aliphatic carbocycles. The molecule has 1 heterocycles. The summed E-state index contributed by atoms with van der Waals surface area (Å²) in [4.78, 5) is 13.3. The summed E-state index contributed by atoms with van der Waals surface area (Å²) in [6, 6.07) is 2.29. The summed E-state index contributed by atoms with van der Waals surface area (Å²) < 4.78 is 0. The molecule has 0 spiro atoms. The zero-order valence-electron chi connectivity index (χ0n) is 8.23. The molecule has 1 rings (SSSR count). The average Bonchev–Trinajstić information content (AvgIpc) is 2.53. The van der Waals surface area contributed by atoms with E-state index in [9.17, 15) is 4.79 Å². The van der Waals surface area contributed by atoms with Gasteiger partial charge in [0.25, 0.3) is 0 Å². The first kappa shape index (κ1) is 11.3. The third-order valence-corrected chi connectivity index (χ3v) is 2.53. The molecule has 2 atom stereocenters. The second-order valence-electron chi connectivity index (χ2n) is 3.56. The summed E-state index contributed by atoms with van der Waals surface area (Å²) in [5.41, 5.74) is 0. The molecule has 1 N–H and O–H groups in total. The van der Waals surface area contributed by atoms with E-state index in [4.69, 9.17) is 5.26 Å². The maximum absolute atomic E-state index is 11.3. The summed E-state index contributed by atoms with van der Waals surface area (Å²) in [6.07, 6.45) is 0.925. The maximum atomic E-state index is 11.3. The van der Waals surface area contributed by atoms with Gasteiger partial charge < -0.3 is 5.32 Å². The molecule has 1 amide bonds. The summed E-state index contributed by atoms with van der Waals surface area (Å²) in [7, 11) is 0. The van der Waals surface area contributed by atoms with Crippen LogP contribution in [0.1, 0.15) is 13.3 Å². The molecule has 0 aromatic heterocycles. The van der Waals surface area contributed by atoms with E-state index >= 15 is 0 Å². The van der Waals surface area contributed by atoms with Gasteiger partial charge in [-0.3, -0.25) is 9.69 Å². The third-order valence-electron chi connectivity index (χ3n) is 2.29. The Balaban J connectivity index is 2.29. The smallest absolute Gasteiger partial charge is 0.232 e. The molecule has 1 saturated heterocycles. The predicted octanol–water partition coefficient (Wildman–Crippen LogP) is 0.0188. The Hall–Kier alpha value is -0.730. The fourth-order valence-electron chi connectivity index (χ4n) is 1.52. The monoisotopic (exact) mass is 213 g/mol. The van der Waals surface area contributed by atoms with Crippen molar-refractivity contribution in [3.63, 3.8) is 0 Å². The largest absolute Gasteiger partial charge is 0.351 e. The molecule has 1 aliphatic rings. The highest BCUT2D eigenvalue weighted by atomic mass is 32.1. The molecule has 1 unspecified atom stereocenters. The maximum Gasteiger partial charge on any atom is 0.232 e. The number of rotatable bonds is 3. The van der Waals surface area contributed by atoms with Crippen molar-refractivity contribution < 1.29 is 4.79 Å². The molecule has 0 saturated carbocycles. The lowest BCUT2D eigenvalue weighted by Gasteiger charge is -2.14. The number of nitrogens with zero attached hydrogens (tertiary/aromatic N) is 2. The van der Waals surface area contributed by atoms with Crippen LogP contribution < -0.4 is 5.32 Å². The lowest BCUT2D eigenvalue weighted by molar-refractivity contribution is -0.120. The summed E-state index contributed by atoms with van der Waals surface area (Å²) in [6.45, 7) is 3.86. The van der Waals surface area contributed by atoms with Crippen LogP contribution in [0.5, 0.6) is 0 Å². The van der Waals surface area contributed by atoms with Crippen molar-refractivity contribution in [2.75, 3.05) is 19.6 Å². The first-order valence-corrected chi connectivity index (χ1v) is 5.23. The quantitative estimate of drug-likeness (QED) is 0.513. The molecule has 14 heavy (non-hydrogen) atoms. The van der Waals surface area contributed by atoms with E-state index in [1.165, 1.54) is 0 Å². The molecule has 0 radical (unpaired) electrons. The molecule has 5 heteroatoms. The van der Waals surface area contributed by atoms with Gasteiger partial charge in [0.2, 0.25) is 5.91 Å². The van der Waals surface area contributed by atoms with Gasteiger partial charge in [-0.1, -0.05) is 0 Å². The lowest BCUT2D eigenvalue weighted by atomic mass is 10.2. The average molecular weight is 213 g/mol. The van der Waals surface area contributed by atoms with Gasteiger partial charge in [-0.05, 0) is 13.3 Å². The second-order valence-corrected chi connectivity index (χ2v) is 4.34. The van der Waals surface area contributed by atoms with Gasteiger partial charge in [-0.15, -0.1) is 0 Å². The minimum Gasteiger partial charge on any atom is -0.351 e. The first-order valence-electron chi connectivity index (χ1n) is 4.71. The fourth-order valence-corrected chi connectivity index (χ4v) is 1.59. The van der Waals surface area contributed by atoms with Crippen molar-refractivity contribution in [3.05, 3.63) is 0 Å². The summed E-state index contributed by atoms with van der Waals surface area (Å²) in [5.74, 6) is -0.0304. The van der Waals surface area contributed by atoms with Crippen molar-refractivity contribution in [1.82, 2.24) is 10.2 Å². The van der Waals surface area contributed by atoms with Crippen LogP contribution in [0.4, 0.5) is 0 Å². The SMILES string of the molecule is CC(S)C(=O)N[C@@H]1CCN(CC#N)C1. The van der Waals surface area contributed by atoms with E-state index in [0.29, 0.717) is 6.54 Å². The van der Waals surface area contributed by atoms with Gasteiger partial charge >= 0.3 is 0 Å². The number of nitrogens with one attached hydrogen (secondary N) is 1.